The lowest BCUT2D eigenvalue weighted by Crippen LogP contribution is -2.27. The number of carbonyl (C=O) groups excluding carboxylic acids is 1. The minimum atomic E-state index is -0.477. The number of carbonyl (C=O) groups is 1. The number of aromatic nitrogens is 3. The van der Waals surface area contributed by atoms with Crippen molar-refractivity contribution in [3.8, 4) is 0 Å². The van der Waals surface area contributed by atoms with Crippen molar-refractivity contribution in [2.75, 3.05) is 0 Å². The zero-order valence-corrected chi connectivity index (χ0v) is 10.9. The summed E-state index contributed by atoms with van der Waals surface area (Å²) in [5.41, 5.74) is 6.85. The molecule has 98 valence electrons. The van der Waals surface area contributed by atoms with E-state index < -0.39 is 5.60 Å². The highest BCUT2D eigenvalue weighted by Crippen LogP contribution is 2.12. The number of nitrogens with zero attached hydrogens (tertiary/aromatic N) is 3. The first kappa shape index (κ1) is 12.6. The van der Waals surface area contributed by atoms with E-state index in [1.807, 2.05) is 27.0 Å². The van der Waals surface area contributed by atoms with E-state index in [4.69, 9.17) is 10.5 Å². The van der Waals surface area contributed by atoms with E-state index in [0.29, 0.717) is 6.54 Å². The molecule has 6 heteroatoms. The average Bonchev–Trinajstić information content (AvgIpc) is 2.78. The first-order valence-corrected chi connectivity index (χ1v) is 5.84. The largest absolute Gasteiger partial charge is 0.459 e. The van der Waals surface area contributed by atoms with Gasteiger partial charge in [0.05, 0.1) is 0 Å². The minimum Gasteiger partial charge on any atom is -0.459 e. The van der Waals surface area contributed by atoms with E-state index in [2.05, 4.69) is 4.98 Å². The maximum atomic E-state index is 11.8. The fraction of sp³-hybridized carbons (Fsp3) is 0.500. The second-order valence-electron chi connectivity index (χ2n) is 5.14. The van der Waals surface area contributed by atoms with Crippen LogP contribution in [0.5, 0.6) is 0 Å². The van der Waals surface area contributed by atoms with Gasteiger partial charge in [0.2, 0.25) is 0 Å². The number of ether oxygens (including phenoxy) is 1. The summed E-state index contributed by atoms with van der Waals surface area (Å²) in [6, 6.07) is 0. The Morgan fingerprint density at radius 3 is 2.83 bits per heavy atom. The number of hydrogen-bond donors (Lipinski definition) is 1. The second-order valence-corrected chi connectivity index (χ2v) is 5.14. The molecule has 2 N–H and O–H groups in total. The number of rotatable bonds is 3. The number of hydrogen-bond acceptors (Lipinski definition) is 4. The van der Waals surface area contributed by atoms with Crippen LogP contribution >= 0.6 is 0 Å². The fourth-order valence-electron chi connectivity index (χ4n) is 1.81. The van der Waals surface area contributed by atoms with E-state index in [9.17, 15) is 4.79 Å². The van der Waals surface area contributed by atoms with Crippen LogP contribution in [0.2, 0.25) is 0 Å². The van der Waals surface area contributed by atoms with Gasteiger partial charge in [-0.1, -0.05) is 0 Å². The third kappa shape index (κ3) is 2.53. The van der Waals surface area contributed by atoms with Crippen LogP contribution in [0, 0.1) is 0 Å². The molecule has 0 aromatic carbocycles. The number of fused-ring (bicyclic) bond motifs is 1. The fourth-order valence-corrected chi connectivity index (χ4v) is 1.81. The second kappa shape index (κ2) is 4.45. The van der Waals surface area contributed by atoms with Crippen molar-refractivity contribution < 1.29 is 9.53 Å². The van der Waals surface area contributed by atoms with Crippen molar-refractivity contribution >= 4 is 11.6 Å². The molecule has 18 heavy (non-hydrogen) atoms. The lowest BCUT2D eigenvalue weighted by molar-refractivity contribution is -0.155. The van der Waals surface area contributed by atoms with Crippen LogP contribution < -0.4 is 5.73 Å². The predicted molar refractivity (Wildman–Crippen MR) is 66.9 cm³/mol. The molecule has 0 radical (unpaired) electrons. The maximum absolute atomic E-state index is 11.8. The lowest BCUT2D eigenvalue weighted by atomic mass is 10.2. The molecule has 2 rings (SSSR count). The van der Waals surface area contributed by atoms with Crippen LogP contribution in [-0.2, 0) is 22.6 Å². The van der Waals surface area contributed by atoms with Gasteiger partial charge in [-0.05, 0) is 20.8 Å². The lowest BCUT2D eigenvalue weighted by Gasteiger charge is -2.19. The highest BCUT2D eigenvalue weighted by Gasteiger charge is 2.18. The Labute approximate surface area is 105 Å². The first-order chi connectivity index (χ1) is 8.40. The summed E-state index contributed by atoms with van der Waals surface area (Å²) in [5, 5.41) is 0. The summed E-state index contributed by atoms with van der Waals surface area (Å²) in [7, 11) is 0. The molecule has 0 amide bonds. The standard InChI is InChI=1S/C12H18N4O2/c1-12(2,3)18-10(17)8-15-7-9(6-13)11-14-4-5-16(11)15/h4-5,7H,6,8,13H2,1-3H3. The highest BCUT2D eigenvalue weighted by molar-refractivity contribution is 5.69. The van der Waals surface area contributed by atoms with Crippen molar-refractivity contribution in [2.24, 2.45) is 5.73 Å². The summed E-state index contributed by atoms with van der Waals surface area (Å²) in [6.07, 6.45) is 5.30. The third-order valence-electron chi connectivity index (χ3n) is 2.42. The molecule has 0 spiro atoms. The van der Waals surface area contributed by atoms with Crippen molar-refractivity contribution in [1.29, 1.82) is 0 Å². The van der Waals surface area contributed by atoms with Crippen molar-refractivity contribution in [1.82, 2.24) is 14.2 Å². The minimum absolute atomic E-state index is 0.143. The van der Waals surface area contributed by atoms with E-state index in [1.165, 1.54) is 0 Å². The zero-order valence-electron chi connectivity index (χ0n) is 10.9. The van der Waals surface area contributed by atoms with Crippen LogP contribution in [-0.4, -0.2) is 25.8 Å². The van der Waals surface area contributed by atoms with Gasteiger partial charge in [0.1, 0.15) is 12.1 Å². The molecule has 0 bridgehead atoms. The van der Waals surface area contributed by atoms with Gasteiger partial charge < -0.3 is 10.5 Å². The molecule has 0 fully saturated rings. The predicted octanol–water partition coefficient (Wildman–Crippen LogP) is 0.936. The van der Waals surface area contributed by atoms with Crippen LogP contribution in [0.4, 0.5) is 0 Å². The molecule has 2 aromatic heterocycles. The molecular weight excluding hydrogens is 232 g/mol. The van der Waals surface area contributed by atoms with Gasteiger partial charge in [-0.15, -0.1) is 0 Å². The smallest absolute Gasteiger partial charge is 0.328 e. The summed E-state index contributed by atoms with van der Waals surface area (Å²) < 4.78 is 8.83. The molecule has 2 aromatic rings. The molecule has 0 atom stereocenters. The molecule has 0 aliphatic carbocycles. The number of nitrogens with two attached hydrogens (primary N) is 1. The Balaban J connectivity index is 2.21. The molecule has 0 aliphatic heterocycles. The van der Waals surface area contributed by atoms with Crippen molar-refractivity contribution in [2.45, 2.75) is 39.5 Å². The topological polar surface area (TPSA) is 74.5 Å². The van der Waals surface area contributed by atoms with Gasteiger partial charge in [-0.3, -0.25) is 9.48 Å². The molecule has 0 unspecified atom stereocenters. The Morgan fingerprint density at radius 2 is 2.22 bits per heavy atom. The number of esters is 1. The van der Waals surface area contributed by atoms with Crippen LogP contribution in [0.3, 0.4) is 0 Å². The van der Waals surface area contributed by atoms with Crippen molar-refractivity contribution in [3.63, 3.8) is 0 Å². The molecule has 0 aliphatic rings. The molecule has 2 heterocycles. The van der Waals surface area contributed by atoms with Gasteiger partial charge in [0.15, 0.2) is 5.65 Å². The summed E-state index contributed by atoms with van der Waals surface area (Å²) in [4.78, 5) is 16.0. The van der Waals surface area contributed by atoms with Gasteiger partial charge >= 0.3 is 5.97 Å². The quantitative estimate of drug-likeness (QED) is 0.822. The third-order valence-corrected chi connectivity index (χ3v) is 2.42. The van der Waals surface area contributed by atoms with E-state index in [0.717, 1.165) is 11.2 Å². The summed E-state index contributed by atoms with van der Waals surface area (Å²) >= 11 is 0. The van der Waals surface area contributed by atoms with Crippen molar-refractivity contribution in [3.05, 3.63) is 24.2 Å². The first-order valence-electron chi connectivity index (χ1n) is 5.84. The maximum Gasteiger partial charge on any atom is 0.328 e. The number of imidazole rings is 1. The summed E-state index contributed by atoms with van der Waals surface area (Å²) in [6.45, 7) is 6.07. The van der Waals surface area contributed by atoms with Gasteiger partial charge in [-0.25, -0.2) is 9.50 Å². The van der Waals surface area contributed by atoms with Gasteiger partial charge in [0, 0.05) is 30.7 Å². The molecule has 0 saturated carbocycles. The Hall–Kier alpha value is -1.82. The monoisotopic (exact) mass is 250 g/mol. The SMILES string of the molecule is CC(C)(C)OC(=O)Cn1cc(CN)c2nccn21. The Bertz CT molecular complexity index is 562. The average molecular weight is 250 g/mol. The molecular formula is C12H18N4O2. The Kier molecular flexibility index (Phi) is 3.13. The normalized spacial score (nSPS) is 12.0. The zero-order chi connectivity index (χ0) is 13.3. The highest BCUT2D eigenvalue weighted by atomic mass is 16.6. The van der Waals surface area contributed by atoms with Gasteiger partial charge in [0.25, 0.3) is 0 Å². The van der Waals surface area contributed by atoms with Crippen LogP contribution in [0.1, 0.15) is 26.3 Å². The summed E-state index contributed by atoms with van der Waals surface area (Å²) in [5.74, 6) is -0.281. The van der Waals surface area contributed by atoms with Crippen LogP contribution in [0.15, 0.2) is 18.6 Å². The molecule has 6 nitrogen and oxygen atoms in total. The Morgan fingerprint density at radius 1 is 1.50 bits per heavy atom. The molecule has 0 saturated heterocycles. The van der Waals surface area contributed by atoms with Crippen LogP contribution in [0.25, 0.3) is 5.65 Å². The van der Waals surface area contributed by atoms with Gasteiger partial charge in [-0.2, -0.15) is 0 Å². The van der Waals surface area contributed by atoms with E-state index in [1.54, 1.807) is 21.6 Å². The van der Waals surface area contributed by atoms with E-state index >= 15 is 0 Å². The van der Waals surface area contributed by atoms with E-state index in [-0.39, 0.29) is 12.5 Å².